The standard InChI is InChI=1S/C20H23ClN2O4/c1-4-26-18-9-6-14(10-19(18)27-5-2)13-22-23-20(24)12-15-11-16(25-3)7-8-17(15)21/h6-11,13H,4-5,12H2,1-3H3,(H,23,24)/b22-13+. The van der Waals surface area contributed by atoms with E-state index in [1.54, 1.807) is 31.5 Å². The summed E-state index contributed by atoms with van der Waals surface area (Å²) in [6.07, 6.45) is 1.64. The van der Waals surface area contributed by atoms with Crippen LogP contribution in [0, 0.1) is 0 Å². The van der Waals surface area contributed by atoms with Crippen LogP contribution in [0.1, 0.15) is 25.0 Å². The maximum Gasteiger partial charge on any atom is 0.244 e. The highest BCUT2D eigenvalue weighted by Crippen LogP contribution is 2.28. The number of hydrogen-bond acceptors (Lipinski definition) is 5. The number of carbonyl (C=O) groups is 1. The van der Waals surface area contributed by atoms with Crippen LogP contribution in [0.5, 0.6) is 17.2 Å². The highest BCUT2D eigenvalue weighted by molar-refractivity contribution is 6.31. The maximum atomic E-state index is 12.1. The average molecular weight is 391 g/mol. The second kappa shape index (κ2) is 10.4. The zero-order chi connectivity index (χ0) is 19.6. The van der Waals surface area contributed by atoms with Crippen molar-refractivity contribution in [3.63, 3.8) is 0 Å². The molecule has 0 bridgehead atoms. The molecule has 0 fully saturated rings. The summed E-state index contributed by atoms with van der Waals surface area (Å²) in [7, 11) is 1.56. The average Bonchev–Trinajstić information content (AvgIpc) is 2.66. The van der Waals surface area contributed by atoms with Gasteiger partial charge in [-0.3, -0.25) is 4.79 Å². The molecule has 0 saturated heterocycles. The van der Waals surface area contributed by atoms with E-state index in [1.807, 2.05) is 32.0 Å². The van der Waals surface area contributed by atoms with Crippen molar-refractivity contribution in [1.82, 2.24) is 5.43 Å². The number of methoxy groups -OCH3 is 1. The minimum atomic E-state index is -0.280. The van der Waals surface area contributed by atoms with Gasteiger partial charge in [-0.2, -0.15) is 5.10 Å². The lowest BCUT2D eigenvalue weighted by Gasteiger charge is -2.11. The van der Waals surface area contributed by atoms with E-state index in [0.29, 0.717) is 41.0 Å². The zero-order valence-electron chi connectivity index (χ0n) is 15.6. The molecule has 1 amide bonds. The summed E-state index contributed by atoms with van der Waals surface area (Å²) in [6, 6.07) is 10.6. The molecule has 7 heteroatoms. The lowest BCUT2D eigenvalue weighted by Crippen LogP contribution is -2.20. The highest BCUT2D eigenvalue weighted by atomic mass is 35.5. The van der Waals surface area contributed by atoms with Crippen LogP contribution in [0.2, 0.25) is 5.02 Å². The first-order chi connectivity index (χ1) is 13.1. The van der Waals surface area contributed by atoms with Gasteiger partial charge >= 0.3 is 0 Å². The molecule has 0 aliphatic rings. The minimum absolute atomic E-state index is 0.0981. The van der Waals surface area contributed by atoms with E-state index < -0.39 is 0 Å². The summed E-state index contributed by atoms with van der Waals surface area (Å²) in [5, 5.41) is 4.49. The summed E-state index contributed by atoms with van der Waals surface area (Å²) < 4.78 is 16.2. The molecule has 0 aromatic heterocycles. The zero-order valence-corrected chi connectivity index (χ0v) is 16.4. The number of halogens is 1. The number of rotatable bonds is 9. The Labute approximate surface area is 164 Å². The fraction of sp³-hybridized carbons (Fsp3) is 0.300. The fourth-order valence-electron chi connectivity index (χ4n) is 2.35. The molecule has 2 aromatic carbocycles. The third-order valence-electron chi connectivity index (χ3n) is 3.57. The summed E-state index contributed by atoms with van der Waals surface area (Å²) in [5.41, 5.74) is 3.94. The molecule has 0 saturated carbocycles. The van der Waals surface area contributed by atoms with Crippen LogP contribution in [-0.4, -0.2) is 32.4 Å². The summed E-state index contributed by atoms with van der Waals surface area (Å²) in [4.78, 5) is 12.1. The Kier molecular flexibility index (Phi) is 7.95. The van der Waals surface area contributed by atoms with Gasteiger partial charge < -0.3 is 14.2 Å². The van der Waals surface area contributed by atoms with Gasteiger partial charge in [0.05, 0.1) is 33.0 Å². The topological polar surface area (TPSA) is 69.2 Å². The van der Waals surface area contributed by atoms with Crippen LogP contribution >= 0.6 is 11.6 Å². The van der Waals surface area contributed by atoms with Gasteiger partial charge in [-0.1, -0.05) is 11.6 Å². The predicted octanol–water partition coefficient (Wildman–Crippen LogP) is 3.84. The molecular formula is C20H23ClN2O4. The molecule has 0 unspecified atom stereocenters. The number of nitrogens with zero attached hydrogens (tertiary/aromatic N) is 1. The van der Waals surface area contributed by atoms with Crippen molar-refractivity contribution in [2.75, 3.05) is 20.3 Å². The Bertz CT molecular complexity index is 809. The molecule has 2 aromatic rings. The van der Waals surface area contributed by atoms with Gasteiger partial charge in [-0.15, -0.1) is 0 Å². The van der Waals surface area contributed by atoms with Crippen LogP contribution < -0.4 is 19.6 Å². The van der Waals surface area contributed by atoms with Gasteiger partial charge in [0.1, 0.15) is 5.75 Å². The molecular weight excluding hydrogens is 368 g/mol. The number of nitrogens with one attached hydrogen (secondary N) is 1. The molecule has 0 atom stereocenters. The normalized spacial score (nSPS) is 10.7. The van der Waals surface area contributed by atoms with Crippen LogP contribution in [-0.2, 0) is 11.2 Å². The van der Waals surface area contributed by atoms with Crippen LogP contribution in [0.4, 0.5) is 0 Å². The van der Waals surface area contributed by atoms with Crippen LogP contribution in [0.25, 0.3) is 0 Å². The molecule has 6 nitrogen and oxygen atoms in total. The van der Waals surface area contributed by atoms with Gasteiger partial charge in [0, 0.05) is 5.02 Å². The van der Waals surface area contributed by atoms with Crippen molar-refractivity contribution in [1.29, 1.82) is 0 Å². The largest absolute Gasteiger partial charge is 0.497 e. The number of benzene rings is 2. The monoisotopic (exact) mass is 390 g/mol. The summed E-state index contributed by atoms with van der Waals surface area (Å²) in [6.45, 7) is 4.89. The molecule has 0 radical (unpaired) electrons. The van der Waals surface area contributed by atoms with Crippen molar-refractivity contribution in [3.8, 4) is 17.2 Å². The second-order valence-electron chi connectivity index (χ2n) is 5.50. The SMILES string of the molecule is CCOc1ccc(/C=N/NC(=O)Cc2cc(OC)ccc2Cl)cc1OCC. The van der Waals surface area contributed by atoms with Crippen LogP contribution in [0.15, 0.2) is 41.5 Å². The maximum absolute atomic E-state index is 12.1. The molecule has 0 spiro atoms. The van der Waals surface area contributed by atoms with Gasteiger partial charge in [-0.25, -0.2) is 5.43 Å². The third-order valence-corrected chi connectivity index (χ3v) is 3.94. The van der Waals surface area contributed by atoms with Crippen molar-refractivity contribution >= 4 is 23.7 Å². The smallest absolute Gasteiger partial charge is 0.244 e. The van der Waals surface area contributed by atoms with E-state index in [-0.39, 0.29) is 12.3 Å². The number of hydrogen-bond donors (Lipinski definition) is 1. The van der Waals surface area contributed by atoms with E-state index in [1.165, 1.54) is 0 Å². The first-order valence-corrected chi connectivity index (χ1v) is 8.99. The minimum Gasteiger partial charge on any atom is -0.497 e. The van der Waals surface area contributed by atoms with E-state index >= 15 is 0 Å². The summed E-state index contributed by atoms with van der Waals surface area (Å²) in [5.74, 6) is 1.67. The highest BCUT2D eigenvalue weighted by Gasteiger charge is 2.08. The first-order valence-electron chi connectivity index (χ1n) is 8.61. The number of amides is 1. The predicted molar refractivity (Wildman–Crippen MR) is 106 cm³/mol. The molecule has 144 valence electrons. The van der Waals surface area contributed by atoms with E-state index in [4.69, 9.17) is 25.8 Å². The number of carbonyl (C=O) groups excluding carboxylic acids is 1. The Hall–Kier alpha value is -2.73. The van der Waals surface area contributed by atoms with Gasteiger partial charge in [-0.05, 0) is 61.4 Å². The Balaban J connectivity index is 2.00. The van der Waals surface area contributed by atoms with Crippen molar-refractivity contribution in [2.45, 2.75) is 20.3 Å². The number of ether oxygens (including phenoxy) is 3. The molecule has 0 aliphatic heterocycles. The Morgan fingerprint density at radius 1 is 1.11 bits per heavy atom. The lowest BCUT2D eigenvalue weighted by molar-refractivity contribution is -0.120. The Morgan fingerprint density at radius 2 is 1.85 bits per heavy atom. The lowest BCUT2D eigenvalue weighted by atomic mass is 10.1. The third kappa shape index (κ3) is 6.18. The van der Waals surface area contributed by atoms with E-state index in [9.17, 15) is 4.79 Å². The van der Waals surface area contributed by atoms with Crippen molar-refractivity contribution in [2.24, 2.45) is 5.10 Å². The van der Waals surface area contributed by atoms with Gasteiger partial charge in [0.25, 0.3) is 0 Å². The quantitative estimate of drug-likeness (QED) is 0.521. The molecule has 0 aliphatic carbocycles. The van der Waals surface area contributed by atoms with Crippen molar-refractivity contribution in [3.05, 3.63) is 52.5 Å². The molecule has 2 rings (SSSR count). The number of hydrazone groups is 1. The second-order valence-corrected chi connectivity index (χ2v) is 5.91. The van der Waals surface area contributed by atoms with Gasteiger partial charge in [0.2, 0.25) is 5.91 Å². The van der Waals surface area contributed by atoms with E-state index in [0.717, 1.165) is 5.56 Å². The summed E-state index contributed by atoms with van der Waals surface area (Å²) >= 11 is 6.12. The van der Waals surface area contributed by atoms with Crippen molar-refractivity contribution < 1.29 is 19.0 Å². The first kappa shape index (κ1) is 20.6. The molecule has 1 N–H and O–H groups in total. The fourth-order valence-corrected chi connectivity index (χ4v) is 2.54. The molecule has 27 heavy (non-hydrogen) atoms. The van der Waals surface area contributed by atoms with E-state index in [2.05, 4.69) is 10.5 Å². The Morgan fingerprint density at radius 3 is 2.56 bits per heavy atom. The van der Waals surface area contributed by atoms with Gasteiger partial charge in [0.15, 0.2) is 11.5 Å². The van der Waals surface area contributed by atoms with Crippen LogP contribution in [0.3, 0.4) is 0 Å². The molecule has 0 heterocycles.